The van der Waals surface area contributed by atoms with Crippen LogP contribution in [0, 0.1) is 11.8 Å². The molecule has 1 saturated heterocycles. The lowest BCUT2D eigenvalue weighted by atomic mass is 10.2. The molecule has 1 aliphatic rings. The number of rotatable bonds is 12. The minimum atomic E-state index is -3.68. The van der Waals surface area contributed by atoms with Crippen LogP contribution in [0.2, 0.25) is 0 Å². The normalized spacial score (nSPS) is 15.0. The monoisotopic (exact) mass is 604 g/mol. The minimum Gasteiger partial charge on any atom is -0.379 e. The van der Waals surface area contributed by atoms with Gasteiger partial charge in [-0.3, -0.25) is 14.6 Å². The van der Waals surface area contributed by atoms with E-state index in [1.165, 1.54) is 11.3 Å². The third-order valence-corrected chi connectivity index (χ3v) is 10.3. The molecule has 0 bridgehead atoms. The highest BCUT2D eigenvalue weighted by atomic mass is 32.2. The predicted octanol–water partition coefficient (Wildman–Crippen LogP) is 5.30. The third kappa shape index (κ3) is 7.63. The molecule has 1 aromatic heterocycles. The molecule has 0 atom stereocenters. The molecule has 8 nitrogen and oxygen atoms in total. The standard InChI is InChI=1S/C29H40N4O4S3/c1-21(2)19-32(20-22(3)4)40(35,36)25-9-6-23(7-10-25)28(34)33(13-12-31-14-16-37-17-15-31)29-30-26-11-8-24(38-5)18-27(26)39-29/h6-11,18,21-22H,12-17,19-20H2,1-5H3. The number of fused-ring (bicyclic) bond motifs is 1. The number of thiazole rings is 1. The highest BCUT2D eigenvalue weighted by Gasteiger charge is 2.27. The lowest BCUT2D eigenvalue weighted by molar-refractivity contribution is 0.0391. The van der Waals surface area contributed by atoms with Crippen molar-refractivity contribution in [3.05, 3.63) is 48.0 Å². The van der Waals surface area contributed by atoms with Gasteiger partial charge in [0.15, 0.2) is 5.13 Å². The van der Waals surface area contributed by atoms with Crippen molar-refractivity contribution >= 4 is 54.4 Å². The molecule has 2 aromatic carbocycles. The number of morpholine rings is 1. The Balaban J connectivity index is 1.61. The fourth-order valence-corrected chi connectivity index (χ4v) is 7.96. The fourth-order valence-electron chi connectivity index (χ4n) is 4.65. The van der Waals surface area contributed by atoms with Crippen LogP contribution >= 0.6 is 23.1 Å². The van der Waals surface area contributed by atoms with Crippen LogP contribution in [0.5, 0.6) is 0 Å². The smallest absolute Gasteiger partial charge is 0.260 e. The SMILES string of the molecule is CSc1ccc2nc(N(CCN3CCOCC3)C(=O)c3ccc(S(=O)(=O)N(CC(C)C)CC(C)C)cc3)sc2c1. The van der Waals surface area contributed by atoms with E-state index in [2.05, 4.69) is 11.0 Å². The van der Waals surface area contributed by atoms with E-state index < -0.39 is 10.0 Å². The summed E-state index contributed by atoms with van der Waals surface area (Å²) in [5, 5.41) is 0.642. The minimum absolute atomic E-state index is 0.192. The summed E-state index contributed by atoms with van der Waals surface area (Å²) in [5.74, 6) is 0.216. The van der Waals surface area contributed by atoms with E-state index in [-0.39, 0.29) is 22.6 Å². The summed E-state index contributed by atoms with van der Waals surface area (Å²) < 4.78 is 35.0. The van der Waals surface area contributed by atoms with Crippen molar-refractivity contribution < 1.29 is 17.9 Å². The second-order valence-corrected chi connectivity index (χ2v) is 14.7. The van der Waals surface area contributed by atoms with Crippen molar-refractivity contribution in [1.29, 1.82) is 0 Å². The van der Waals surface area contributed by atoms with E-state index in [0.29, 0.717) is 50.1 Å². The van der Waals surface area contributed by atoms with Crippen LogP contribution in [0.1, 0.15) is 38.1 Å². The van der Waals surface area contributed by atoms with E-state index in [0.717, 1.165) is 28.2 Å². The zero-order valence-electron chi connectivity index (χ0n) is 24.0. The van der Waals surface area contributed by atoms with Crippen LogP contribution in [0.3, 0.4) is 0 Å². The van der Waals surface area contributed by atoms with Gasteiger partial charge in [0, 0.05) is 49.7 Å². The summed E-state index contributed by atoms with van der Waals surface area (Å²) in [4.78, 5) is 24.1. The fraction of sp³-hybridized carbons (Fsp3) is 0.517. The van der Waals surface area contributed by atoms with Gasteiger partial charge in [-0.15, -0.1) is 11.8 Å². The Bertz CT molecular complexity index is 1370. The molecule has 3 aromatic rings. The number of amides is 1. The van der Waals surface area contributed by atoms with Crippen LogP contribution in [0.25, 0.3) is 10.2 Å². The van der Waals surface area contributed by atoms with E-state index in [4.69, 9.17) is 9.72 Å². The maximum Gasteiger partial charge on any atom is 0.260 e. The molecule has 0 unspecified atom stereocenters. The van der Waals surface area contributed by atoms with Gasteiger partial charge in [0.05, 0.1) is 28.3 Å². The summed E-state index contributed by atoms with van der Waals surface area (Å²) in [5.41, 5.74) is 1.29. The number of benzene rings is 2. The average Bonchev–Trinajstić information content (AvgIpc) is 3.35. The topological polar surface area (TPSA) is 83.0 Å². The van der Waals surface area contributed by atoms with E-state index in [1.54, 1.807) is 45.2 Å². The molecule has 0 radical (unpaired) electrons. The molecule has 1 amide bonds. The first kappa shape index (κ1) is 30.9. The van der Waals surface area contributed by atoms with Crippen molar-refractivity contribution in [2.45, 2.75) is 37.5 Å². The maximum atomic E-state index is 13.9. The summed E-state index contributed by atoms with van der Waals surface area (Å²) >= 11 is 3.17. The Morgan fingerprint density at radius 3 is 2.30 bits per heavy atom. The summed E-state index contributed by atoms with van der Waals surface area (Å²) in [6.07, 6.45) is 2.04. The lowest BCUT2D eigenvalue weighted by Crippen LogP contribution is -2.43. The molecule has 0 saturated carbocycles. The average molecular weight is 605 g/mol. The molecule has 0 spiro atoms. The molecule has 1 fully saturated rings. The summed E-state index contributed by atoms with van der Waals surface area (Å²) in [6.45, 7) is 13.2. The maximum absolute atomic E-state index is 13.9. The molecule has 0 N–H and O–H groups in total. The second-order valence-electron chi connectivity index (χ2n) is 10.9. The van der Waals surface area contributed by atoms with Gasteiger partial charge < -0.3 is 4.74 Å². The number of carbonyl (C=O) groups is 1. The van der Waals surface area contributed by atoms with Crippen LogP contribution in [0.4, 0.5) is 5.13 Å². The number of nitrogens with zero attached hydrogens (tertiary/aromatic N) is 4. The molecule has 40 heavy (non-hydrogen) atoms. The molecule has 218 valence electrons. The Morgan fingerprint density at radius 1 is 1.05 bits per heavy atom. The van der Waals surface area contributed by atoms with Crippen molar-refractivity contribution in [2.24, 2.45) is 11.8 Å². The number of hydrogen-bond donors (Lipinski definition) is 0. The van der Waals surface area contributed by atoms with Crippen LogP contribution in [-0.4, -0.2) is 87.3 Å². The summed E-state index contributed by atoms with van der Waals surface area (Å²) in [7, 11) is -3.68. The van der Waals surface area contributed by atoms with Crippen LogP contribution in [0.15, 0.2) is 52.3 Å². The Labute approximate surface area is 246 Å². The molecule has 1 aliphatic heterocycles. The second kappa shape index (κ2) is 13.8. The van der Waals surface area contributed by atoms with E-state index >= 15 is 0 Å². The number of ether oxygens (including phenoxy) is 1. The van der Waals surface area contributed by atoms with Gasteiger partial charge in [-0.1, -0.05) is 39.0 Å². The molecular weight excluding hydrogens is 565 g/mol. The number of hydrogen-bond acceptors (Lipinski definition) is 8. The number of thioether (sulfide) groups is 1. The molecule has 11 heteroatoms. The molecule has 0 aliphatic carbocycles. The van der Waals surface area contributed by atoms with Gasteiger partial charge in [-0.2, -0.15) is 4.31 Å². The number of carbonyl (C=O) groups excluding carboxylic acids is 1. The largest absolute Gasteiger partial charge is 0.379 e. The zero-order chi connectivity index (χ0) is 28.9. The van der Waals surface area contributed by atoms with Gasteiger partial charge in [0.1, 0.15) is 0 Å². The highest BCUT2D eigenvalue weighted by molar-refractivity contribution is 7.98. The molecule has 2 heterocycles. The van der Waals surface area contributed by atoms with E-state index in [9.17, 15) is 13.2 Å². The van der Waals surface area contributed by atoms with Crippen molar-refractivity contribution in [3.63, 3.8) is 0 Å². The van der Waals surface area contributed by atoms with Gasteiger partial charge in [0.2, 0.25) is 10.0 Å². The van der Waals surface area contributed by atoms with Crippen LogP contribution in [-0.2, 0) is 14.8 Å². The zero-order valence-corrected chi connectivity index (χ0v) is 26.4. The van der Waals surface area contributed by atoms with Gasteiger partial charge in [-0.05, 0) is 60.6 Å². The highest BCUT2D eigenvalue weighted by Crippen LogP contribution is 2.32. The van der Waals surface area contributed by atoms with Crippen LogP contribution < -0.4 is 4.90 Å². The molecule has 4 rings (SSSR count). The van der Waals surface area contributed by atoms with E-state index in [1.807, 2.05) is 46.1 Å². The quantitative estimate of drug-likeness (QED) is 0.260. The number of anilines is 1. The Hall–Kier alpha value is -2.02. The first-order chi connectivity index (χ1) is 19.1. The third-order valence-electron chi connectivity index (χ3n) is 6.68. The lowest BCUT2D eigenvalue weighted by Gasteiger charge is -2.29. The first-order valence-electron chi connectivity index (χ1n) is 13.7. The van der Waals surface area contributed by atoms with Gasteiger partial charge in [-0.25, -0.2) is 13.4 Å². The van der Waals surface area contributed by atoms with Crippen molar-refractivity contribution in [1.82, 2.24) is 14.2 Å². The van der Waals surface area contributed by atoms with Crippen molar-refractivity contribution in [2.75, 3.05) is 63.6 Å². The predicted molar refractivity (Wildman–Crippen MR) is 165 cm³/mol. The molecular formula is C29H40N4O4S3. The Kier molecular flexibility index (Phi) is 10.6. The number of sulfonamides is 1. The van der Waals surface area contributed by atoms with Gasteiger partial charge in [0.25, 0.3) is 5.91 Å². The summed E-state index contributed by atoms with van der Waals surface area (Å²) in [6, 6.07) is 12.5. The van der Waals surface area contributed by atoms with Gasteiger partial charge >= 0.3 is 0 Å². The van der Waals surface area contributed by atoms with Crippen molar-refractivity contribution in [3.8, 4) is 0 Å². The first-order valence-corrected chi connectivity index (χ1v) is 17.2. The number of aromatic nitrogens is 1. The Morgan fingerprint density at radius 2 is 1.70 bits per heavy atom.